The zero-order chi connectivity index (χ0) is 35.0. The zero-order valence-electron chi connectivity index (χ0n) is 27.7. The molecule has 0 bridgehead atoms. The third kappa shape index (κ3) is 29.7. The Balaban J connectivity index is 3.66. The molecule has 5 amide bonds. The van der Waals surface area contributed by atoms with E-state index in [1.54, 1.807) is 0 Å². The number of ether oxygens (including phenoxy) is 4. The molecule has 0 spiro atoms. The van der Waals surface area contributed by atoms with Crippen molar-refractivity contribution in [1.29, 1.82) is 0 Å². The number of carboxylic acid groups (broad SMARTS) is 1. The van der Waals surface area contributed by atoms with Gasteiger partial charge in [-0.05, 0) is 32.2 Å². The van der Waals surface area contributed by atoms with Crippen molar-refractivity contribution in [2.75, 3.05) is 85.6 Å². The number of rotatable bonds is 32. The number of carboxylic acids is 1. The SMILES string of the molecule is CCCCCNC(=O)CCC(NC(=O)CCCNC(=O)COCCOCCNC(=O)COCCOCCNC(=O)CCCN)C(=O)O. The maximum atomic E-state index is 12.1. The molecule has 47 heavy (non-hydrogen) atoms. The summed E-state index contributed by atoms with van der Waals surface area (Å²) in [6.45, 7) is 5.14. The van der Waals surface area contributed by atoms with E-state index in [1.807, 2.05) is 0 Å². The molecule has 0 rings (SSSR count). The van der Waals surface area contributed by atoms with E-state index in [9.17, 15) is 33.9 Å². The molecule has 0 fully saturated rings. The molecule has 17 nitrogen and oxygen atoms in total. The average molecular weight is 677 g/mol. The Hall–Kier alpha value is -3.38. The Morgan fingerprint density at radius 1 is 0.574 bits per heavy atom. The lowest BCUT2D eigenvalue weighted by atomic mass is 10.1. The van der Waals surface area contributed by atoms with E-state index in [0.717, 1.165) is 19.3 Å². The van der Waals surface area contributed by atoms with Gasteiger partial charge in [-0.1, -0.05) is 19.8 Å². The average Bonchev–Trinajstić information content (AvgIpc) is 3.04. The summed E-state index contributed by atoms with van der Waals surface area (Å²) >= 11 is 0. The van der Waals surface area contributed by atoms with Gasteiger partial charge in [0.05, 0.1) is 39.6 Å². The number of unbranched alkanes of at least 4 members (excludes halogenated alkanes) is 2. The highest BCUT2D eigenvalue weighted by Gasteiger charge is 2.20. The van der Waals surface area contributed by atoms with Crippen molar-refractivity contribution in [1.82, 2.24) is 26.6 Å². The summed E-state index contributed by atoms with van der Waals surface area (Å²) in [5, 5.41) is 22.5. The molecule has 1 atom stereocenters. The summed E-state index contributed by atoms with van der Waals surface area (Å²) in [4.78, 5) is 70.4. The molecular weight excluding hydrogens is 620 g/mol. The van der Waals surface area contributed by atoms with Crippen molar-refractivity contribution in [3.63, 3.8) is 0 Å². The maximum Gasteiger partial charge on any atom is 0.326 e. The number of nitrogens with two attached hydrogens (primary N) is 1. The van der Waals surface area contributed by atoms with Gasteiger partial charge < -0.3 is 56.4 Å². The van der Waals surface area contributed by atoms with Gasteiger partial charge in [0.25, 0.3) is 0 Å². The van der Waals surface area contributed by atoms with Gasteiger partial charge >= 0.3 is 5.97 Å². The van der Waals surface area contributed by atoms with Gasteiger partial charge in [0.15, 0.2) is 0 Å². The lowest BCUT2D eigenvalue weighted by Gasteiger charge is -2.14. The molecule has 0 aromatic rings. The molecule has 17 heteroatoms. The minimum Gasteiger partial charge on any atom is -0.480 e. The number of hydrogen-bond acceptors (Lipinski definition) is 11. The second kappa shape index (κ2) is 31.2. The minimum absolute atomic E-state index is 0.00366. The predicted octanol–water partition coefficient (Wildman–Crippen LogP) is -1.42. The van der Waals surface area contributed by atoms with E-state index in [-0.39, 0.29) is 95.6 Å². The van der Waals surface area contributed by atoms with Gasteiger partial charge in [-0.2, -0.15) is 0 Å². The first-order valence-electron chi connectivity index (χ1n) is 16.3. The van der Waals surface area contributed by atoms with E-state index in [0.29, 0.717) is 52.1 Å². The fourth-order valence-corrected chi connectivity index (χ4v) is 3.72. The van der Waals surface area contributed by atoms with Gasteiger partial charge in [-0.15, -0.1) is 0 Å². The highest BCUT2D eigenvalue weighted by Crippen LogP contribution is 2.01. The molecule has 8 N–H and O–H groups in total. The van der Waals surface area contributed by atoms with Gasteiger partial charge in [0, 0.05) is 45.4 Å². The van der Waals surface area contributed by atoms with Crippen LogP contribution < -0.4 is 32.3 Å². The second-order valence-corrected chi connectivity index (χ2v) is 10.4. The summed E-state index contributed by atoms with van der Waals surface area (Å²) in [7, 11) is 0. The van der Waals surface area contributed by atoms with Gasteiger partial charge in [-0.3, -0.25) is 24.0 Å². The fourth-order valence-electron chi connectivity index (χ4n) is 3.72. The molecule has 0 aliphatic rings. The minimum atomic E-state index is -1.21. The smallest absolute Gasteiger partial charge is 0.326 e. The number of nitrogens with one attached hydrogen (secondary N) is 5. The Morgan fingerprint density at radius 3 is 1.64 bits per heavy atom. The molecule has 0 aliphatic heterocycles. The predicted molar refractivity (Wildman–Crippen MR) is 171 cm³/mol. The lowest BCUT2D eigenvalue weighted by Crippen LogP contribution is -2.42. The molecule has 0 heterocycles. The number of carbonyl (C=O) groups is 6. The van der Waals surface area contributed by atoms with Crippen LogP contribution in [0.3, 0.4) is 0 Å². The molecule has 0 saturated heterocycles. The van der Waals surface area contributed by atoms with Crippen molar-refractivity contribution in [2.45, 2.75) is 70.8 Å². The molecule has 0 aromatic heterocycles. The van der Waals surface area contributed by atoms with E-state index in [4.69, 9.17) is 24.7 Å². The van der Waals surface area contributed by atoms with Crippen LogP contribution in [0.4, 0.5) is 0 Å². The molecule has 0 radical (unpaired) electrons. The van der Waals surface area contributed by atoms with E-state index in [2.05, 4.69) is 33.5 Å². The van der Waals surface area contributed by atoms with E-state index in [1.165, 1.54) is 0 Å². The topological polar surface area (TPSA) is 246 Å². The molecule has 0 aliphatic carbocycles. The number of amides is 5. The van der Waals surface area contributed by atoms with Crippen molar-refractivity contribution in [3.05, 3.63) is 0 Å². The monoisotopic (exact) mass is 676 g/mol. The third-order valence-corrected chi connectivity index (χ3v) is 6.25. The van der Waals surface area contributed by atoms with Gasteiger partial charge in [0.2, 0.25) is 29.5 Å². The standard InChI is InChI=1S/C30H56N6O11/c1-2-3-4-12-32-26(38)10-9-24(30(42)43)36-27(39)8-6-13-33-28(40)22-46-20-19-45-17-15-35-29(41)23-47-21-18-44-16-14-34-25(37)7-5-11-31/h24H,2-23,31H2,1H3,(H,32,38)(H,33,40)(H,34,37)(H,35,41)(H,36,39)(H,42,43). The number of aliphatic carboxylic acids is 1. The van der Waals surface area contributed by atoms with Crippen LogP contribution in [0.1, 0.15) is 64.7 Å². The summed E-state index contributed by atoms with van der Waals surface area (Å²) in [6, 6.07) is -1.17. The number of hydrogen-bond donors (Lipinski definition) is 7. The van der Waals surface area contributed by atoms with Crippen LogP contribution in [-0.2, 0) is 47.7 Å². The normalized spacial score (nSPS) is 11.4. The van der Waals surface area contributed by atoms with Crippen LogP contribution in [0, 0.1) is 0 Å². The van der Waals surface area contributed by atoms with Gasteiger partial charge in [0.1, 0.15) is 19.3 Å². The lowest BCUT2D eigenvalue weighted by molar-refractivity contribution is -0.142. The molecule has 0 saturated carbocycles. The highest BCUT2D eigenvalue weighted by atomic mass is 16.5. The summed E-state index contributed by atoms with van der Waals surface area (Å²) in [5.41, 5.74) is 5.34. The Kier molecular flexibility index (Phi) is 29.0. The number of carbonyl (C=O) groups excluding carboxylic acids is 5. The summed E-state index contributed by atoms with van der Waals surface area (Å²) < 4.78 is 21.1. The van der Waals surface area contributed by atoms with Crippen LogP contribution in [-0.4, -0.2) is 132 Å². The molecule has 1 unspecified atom stereocenters. The maximum absolute atomic E-state index is 12.1. The van der Waals surface area contributed by atoms with Crippen LogP contribution in [0.25, 0.3) is 0 Å². The van der Waals surface area contributed by atoms with E-state index >= 15 is 0 Å². The van der Waals surface area contributed by atoms with Crippen molar-refractivity contribution >= 4 is 35.5 Å². The molecular formula is C30H56N6O11. The van der Waals surface area contributed by atoms with Crippen LogP contribution in [0.15, 0.2) is 0 Å². The second-order valence-electron chi connectivity index (χ2n) is 10.4. The summed E-state index contributed by atoms with van der Waals surface area (Å²) in [5.74, 6) is -2.68. The Bertz CT molecular complexity index is 894. The third-order valence-electron chi connectivity index (χ3n) is 6.25. The quantitative estimate of drug-likeness (QED) is 0.0406. The van der Waals surface area contributed by atoms with Crippen LogP contribution in [0.5, 0.6) is 0 Å². The van der Waals surface area contributed by atoms with Crippen molar-refractivity contribution in [2.24, 2.45) is 5.73 Å². The largest absolute Gasteiger partial charge is 0.480 e. The Labute approximate surface area is 277 Å². The first-order chi connectivity index (χ1) is 22.7. The fraction of sp³-hybridized carbons (Fsp3) is 0.800. The van der Waals surface area contributed by atoms with Crippen molar-refractivity contribution in [3.8, 4) is 0 Å². The first-order valence-corrected chi connectivity index (χ1v) is 16.3. The van der Waals surface area contributed by atoms with Crippen molar-refractivity contribution < 1.29 is 52.8 Å². The molecule has 272 valence electrons. The zero-order valence-corrected chi connectivity index (χ0v) is 27.7. The molecule has 0 aromatic carbocycles. The van der Waals surface area contributed by atoms with E-state index < -0.39 is 17.9 Å². The first kappa shape index (κ1) is 43.6. The highest BCUT2D eigenvalue weighted by molar-refractivity contribution is 5.84. The van der Waals surface area contributed by atoms with Crippen LogP contribution in [0.2, 0.25) is 0 Å². The van der Waals surface area contributed by atoms with Gasteiger partial charge in [-0.25, -0.2) is 4.79 Å². The van der Waals surface area contributed by atoms with Crippen LogP contribution >= 0.6 is 0 Å². The summed E-state index contributed by atoms with van der Waals surface area (Å²) in [6.07, 6.45) is 4.22. The Morgan fingerprint density at radius 2 is 1.06 bits per heavy atom.